The van der Waals surface area contributed by atoms with Gasteiger partial charge in [0.25, 0.3) is 5.91 Å². The molecule has 1 aliphatic rings. The second kappa shape index (κ2) is 5.34. The summed E-state index contributed by atoms with van der Waals surface area (Å²) in [7, 11) is -2.75. The zero-order valence-electron chi connectivity index (χ0n) is 11.6. The molecule has 5 nitrogen and oxygen atoms in total. The highest BCUT2D eigenvalue weighted by molar-refractivity contribution is 7.89. The van der Waals surface area contributed by atoms with Crippen molar-refractivity contribution in [2.75, 3.05) is 13.6 Å². The molecule has 0 aromatic heterocycles. The zero-order chi connectivity index (χ0) is 15.9. The molecule has 1 aromatic carbocycles. The van der Waals surface area contributed by atoms with Gasteiger partial charge < -0.3 is 4.90 Å². The van der Waals surface area contributed by atoms with E-state index >= 15 is 0 Å². The fraction of sp³-hybridized carbons (Fsp3) is 0.462. The molecule has 2 atom stereocenters. The highest BCUT2D eigenvalue weighted by Gasteiger charge is 2.35. The highest BCUT2D eigenvalue weighted by atomic mass is 32.2. The first-order chi connectivity index (χ1) is 9.61. The molecule has 1 saturated carbocycles. The second-order valence-electron chi connectivity index (χ2n) is 5.47. The maximum atomic E-state index is 13.8. The number of sulfonamides is 1. The van der Waals surface area contributed by atoms with Crippen LogP contribution in [0, 0.1) is 23.5 Å². The predicted molar refractivity (Wildman–Crippen MR) is 72.0 cm³/mol. The van der Waals surface area contributed by atoms with Crippen LogP contribution >= 0.6 is 0 Å². The maximum Gasteiger partial charge on any atom is 0.256 e. The van der Waals surface area contributed by atoms with Crippen molar-refractivity contribution in [2.24, 2.45) is 17.0 Å². The Labute approximate surface area is 121 Å². The molecule has 0 radical (unpaired) electrons. The van der Waals surface area contributed by atoms with Crippen LogP contribution in [0.2, 0.25) is 0 Å². The van der Waals surface area contributed by atoms with Crippen molar-refractivity contribution in [3.8, 4) is 0 Å². The lowest BCUT2D eigenvalue weighted by Crippen LogP contribution is -2.30. The van der Waals surface area contributed by atoms with Crippen LogP contribution in [0.25, 0.3) is 0 Å². The van der Waals surface area contributed by atoms with Crippen molar-refractivity contribution in [2.45, 2.75) is 18.2 Å². The maximum absolute atomic E-state index is 13.8. The molecule has 2 unspecified atom stereocenters. The topological polar surface area (TPSA) is 80.5 Å². The first kappa shape index (κ1) is 15.8. The SMILES string of the molecule is CC1CC1CN(C)C(=O)c1cc(S(N)(=O)=O)cc(F)c1F. The molecule has 0 heterocycles. The second-order valence-corrected chi connectivity index (χ2v) is 7.03. The largest absolute Gasteiger partial charge is 0.341 e. The smallest absolute Gasteiger partial charge is 0.256 e. The summed E-state index contributed by atoms with van der Waals surface area (Å²) in [6, 6.07) is 1.23. The average Bonchev–Trinajstić information content (AvgIpc) is 3.05. The van der Waals surface area contributed by atoms with Crippen LogP contribution in [0.1, 0.15) is 23.7 Å². The Bertz CT molecular complexity index is 691. The quantitative estimate of drug-likeness (QED) is 0.909. The monoisotopic (exact) mass is 318 g/mol. The highest BCUT2D eigenvalue weighted by Crippen LogP contribution is 2.38. The number of carbonyl (C=O) groups excluding carboxylic acids is 1. The van der Waals surface area contributed by atoms with Gasteiger partial charge >= 0.3 is 0 Å². The normalized spacial score (nSPS) is 21.2. The van der Waals surface area contributed by atoms with Crippen LogP contribution in [0.3, 0.4) is 0 Å². The molecule has 21 heavy (non-hydrogen) atoms. The van der Waals surface area contributed by atoms with Crippen LogP contribution in [0.15, 0.2) is 17.0 Å². The molecule has 2 N–H and O–H groups in total. The third-order valence-electron chi connectivity index (χ3n) is 3.69. The molecule has 0 spiro atoms. The number of rotatable bonds is 4. The lowest BCUT2D eigenvalue weighted by Gasteiger charge is -2.18. The van der Waals surface area contributed by atoms with Gasteiger partial charge in [-0.2, -0.15) is 0 Å². The number of nitrogens with zero attached hydrogens (tertiary/aromatic N) is 1. The molecule has 2 rings (SSSR count). The summed E-state index contributed by atoms with van der Waals surface area (Å²) in [4.78, 5) is 12.8. The Kier molecular flexibility index (Phi) is 4.03. The Hall–Kier alpha value is -1.54. The van der Waals surface area contributed by atoms with Crippen molar-refractivity contribution >= 4 is 15.9 Å². The van der Waals surface area contributed by atoms with Crippen LogP contribution in [0.4, 0.5) is 8.78 Å². The van der Waals surface area contributed by atoms with E-state index in [4.69, 9.17) is 5.14 Å². The summed E-state index contributed by atoms with van der Waals surface area (Å²) in [6.45, 7) is 2.45. The number of carbonyl (C=O) groups is 1. The van der Waals surface area contributed by atoms with Crippen molar-refractivity contribution in [1.29, 1.82) is 0 Å². The minimum atomic E-state index is -4.22. The zero-order valence-corrected chi connectivity index (χ0v) is 12.5. The van der Waals surface area contributed by atoms with E-state index < -0.39 is 38.0 Å². The van der Waals surface area contributed by atoms with Gasteiger partial charge in [-0.1, -0.05) is 6.92 Å². The van der Waals surface area contributed by atoms with Crippen molar-refractivity contribution in [3.63, 3.8) is 0 Å². The van der Waals surface area contributed by atoms with Crippen molar-refractivity contribution in [3.05, 3.63) is 29.3 Å². The van der Waals surface area contributed by atoms with E-state index in [0.717, 1.165) is 12.5 Å². The van der Waals surface area contributed by atoms with Crippen LogP contribution in [-0.2, 0) is 10.0 Å². The summed E-state index contributed by atoms with van der Waals surface area (Å²) < 4.78 is 49.7. The van der Waals surface area contributed by atoms with Crippen LogP contribution in [-0.4, -0.2) is 32.8 Å². The van der Waals surface area contributed by atoms with Gasteiger partial charge in [-0.15, -0.1) is 0 Å². The van der Waals surface area contributed by atoms with E-state index in [0.29, 0.717) is 24.4 Å². The summed E-state index contributed by atoms with van der Waals surface area (Å²) >= 11 is 0. The minimum absolute atomic E-state index is 0.341. The molecule has 1 amide bonds. The van der Waals surface area contributed by atoms with Gasteiger partial charge in [-0.25, -0.2) is 22.3 Å². The predicted octanol–water partition coefficient (Wildman–Crippen LogP) is 1.34. The van der Waals surface area contributed by atoms with Crippen LogP contribution < -0.4 is 5.14 Å². The number of hydrogen-bond acceptors (Lipinski definition) is 3. The number of amides is 1. The van der Waals surface area contributed by atoms with Gasteiger partial charge in [0.2, 0.25) is 10.0 Å². The van der Waals surface area contributed by atoms with Gasteiger partial charge in [0.1, 0.15) is 0 Å². The summed E-state index contributed by atoms with van der Waals surface area (Å²) in [5.41, 5.74) is -0.630. The van der Waals surface area contributed by atoms with Gasteiger partial charge in [0.05, 0.1) is 10.5 Å². The third-order valence-corrected chi connectivity index (χ3v) is 4.58. The molecular formula is C13H16F2N2O3S. The van der Waals surface area contributed by atoms with Gasteiger partial charge in [0, 0.05) is 13.6 Å². The Morgan fingerprint density at radius 2 is 2.00 bits per heavy atom. The van der Waals surface area contributed by atoms with Gasteiger partial charge in [-0.3, -0.25) is 4.79 Å². The Morgan fingerprint density at radius 3 is 2.48 bits per heavy atom. The van der Waals surface area contributed by atoms with Crippen molar-refractivity contribution in [1.82, 2.24) is 4.90 Å². The number of halogens is 2. The summed E-state index contributed by atoms with van der Waals surface area (Å²) in [5.74, 6) is -2.72. The number of benzene rings is 1. The number of nitrogens with two attached hydrogens (primary N) is 1. The minimum Gasteiger partial charge on any atom is -0.341 e. The molecule has 0 bridgehead atoms. The van der Waals surface area contributed by atoms with Crippen molar-refractivity contribution < 1.29 is 22.0 Å². The van der Waals surface area contributed by atoms with E-state index in [9.17, 15) is 22.0 Å². The summed E-state index contributed by atoms with van der Waals surface area (Å²) in [5, 5.41) is 4.89. The van der Waals surface area contributed by atoms with Gasteiger partial charge in [-0.05, 0) is 30.4 Å². The van der Waals surface area contributed by atoms with E-state index in [1.165, 1.54) is 11.9 Å². The fourth-order valence-corrected chi connectivity index (χ4v) is 2.73. The molecular weight excluding hydrogens is 302 g/mol. The third kappa shape index (κ3) is 3.38. The van der Waals surface area contributed by atoms with E-state index in [-0.39, 0.29) is 0 Å². The van der Waals surface area contributed by atoms with E-state index in [1.54, 1.807) is 0 Å². The van der Waals surface area contributed by atoms with E-state index in [2.05, 4.69) is 0 Å². The fourth-order valence-electron chi connectivity index (χ4n) is 2.18. The van der Waals surface area contributed by atoms with E-state index in [1.807, 2.05) is 6.92 Å². The average molecular weight is 318 g/mol. The first-order valence-corrected chi connectivity index (χ1v) is 7.93. The molecule has 116 valence electrons. The molecule has 1 fully saturated rings. The number of hydrogen-bond donors (Lipinski definition) is 1. The van der Waals surface area contributed by atoms with Crippen LogP contribution in [0.5, 0.6) is 0 Å². The summed E-state index contributed by atoms with van der Waals surface area (Å²) in [6.07, 6.45) is 0.978. The standard InChI is InChI=1S/C13H16F2N2O3S/c1-7-3-8(7)6-17(2)13(18)10-4-9(21(16,19)20)5-11(14)12(10)15/h4-5,7-8H,3,6H2,1-2H3,(H2,16,19,20). The molecule has 0 saturated heterocycles. The molecule has 0 aliphatic heterocycles. The van der Waals surface area contributed by atoms with Gasteiger partial charge in [0.15, 0.2) is 11.6 Å². The first-order valence-electron chi connectivity index (χ1n) is 6.38. The Balaban J connectivity index is 2.33. The lowest BCUT2D eigenvalue weighted by molar-refractivity contribution is 0.0781. The lowest BCUT2D eigenvalue weighted by atomic mass is 10.1. The molecule has 1 aromatic rings. The number of primary sulfonamides is 1. The molecule has 8 heteroatoms. The Morgan fingerprint density at radius 1 is 1.43 bits per heavy atom. The molecule has 1 aliphatic carbocycles.